The van der Waals surface area contributed by atoms with Crippen molar-refractivity contribution in [2.24, 2.45) is 5.14 Å². The molecule has 0 spiro atoms. The topological polar surface area (TPSA) is 105 Å². The number of nitrogens with two attached hydrogens (primary N) is 1. The summed E-state index contributed by atoms with van der Waals surface area (Å²) in [4.78, 5) is 11.9. The molecule has 2 aromatic rings. The lowest BCUT2D eigenvalue weighted by atomic mass is 9.87. The average molecular weight is 407 g/mol. The van der Waals surface area contributed by atoms with Gasteiger partial charge in [0.05, 0.1) is 12.7 Å². The Morgan fingerprint density at radius 2 is 1.68 bits per heavy atom. The van der Waals surface area contributed by atoms with Crippen LogP contribution < -0.4 is 14.6 Å². The van der Waals surface area contributed by atoms with Gasteiger partial charge in [-0.05, 0) is 41.3 Å². The van der Waals surface area contributed by atoms with Gasteiger partial charge in [0.1, 0.15) is 29.6 Å². The second kappa shape index (κ2) is 8.62. The maximum absolute atomic E-state index is 12.1. The summed E-state index contributed by atoms with van der Waals surface area (Å²) in [6.07, 6.45) is 0. The molecular formula is C20H25NO6S. The van der Waals surface area contributed by atoms with Crippen molar-refractivity contribution in [2.45, 2.75) is 31.1 Å². The first kappa shape index (κ1) is 21.7. The minimum absolute atomic E-state index is 0.0105. The van der Waals surface area contributed by atoms with E-state index in [4.69, 9.17) is 19.3 Å². The Morgan fingerprint density at radius 1 is 1.04 bits per heavy atom. The monoisotopic (exact) mass is 407 g/mol. The van der Waals surface area contributed by atoms with E-state index in [9.17, 15) is 13.2 Å². The van der Waals surface area contributed by atoms with Crippen LogP contribution >= 0.6 is 0 Å². The number of carbonyl (C=O) groups excluding carboxylic acids is 1. The van der Waals surface area contributed by atoms with Crippen LogP contribution in [0.5, 0.6) is 11.5 Å². The molecule has 0 aliphatic heterocycles. The number of hydrogen-bond acceptors (Lipinski definition) is 6. The third-order valence-electron chi connectivity index (χ3n) is 4.01. The Morgan fingerprint density at radius 3 is 2.21 bits per heavy atom. The average Bonchev–Trinajstić information content (AvgIpc) is 2.63. The molecule has 0 fully saturated rings. The summed E-state index contributed by atoms with van der Waals surface area (Å²) in [6, 6.07) is 11.6. The summed E-state index contributed by atoms with van der Waals surface area (Å²) in [5.74, 6) is 0.0466. The lowest BCUT2D eigenvalue weighted by Crippen LogP contribution is -2.16. The lowest BCUT2D eigenvalue weighted by molar-refractivity contribution is 0.0450. The van der Waals surface area contributed by atoms with Crippen LogP contribution in [0.3, 0.4) is 0 Å². The van der Waals surface area contributed by atoms with Crippen LogP contribution in [-0.2, 0) is 20.2 Å². The van der Waals surface area contributed by atoms with Crippen molar-refractivity contribution in [1.29, 1.82) is 0 Å². The molecule has 0 heterocycles. The number of hydrogen-bond donors (Lipinski definition) is 1. The highest BCUT2D eigenvalue weighted by Crippen LogP contribution is 2.25. The minimum atomic E-state index is -4.03. The smallest absolute Gasteiger partial charge is 0.338 e. The normalized spacial score (nSPS) is 11.8. The molecule has 0 bridgehead atoms. The van der Waals surface area contributed by atoms with Crippen molar-refractivity contribution in [3.63, 3.8) is 0 Å². The van der Waals surface area contributed by atoms with Gasteiger partial charge in [-0.25, -0.2) is 18.4 Å². The van der Waals surface area contributed by atoms with Gasteiger partial charge in [0.25, 0.3) is 0 Å². The van der Waals surface area contributed by atoms with E-state index in [0.717, 1.165) is 6.07 Å². The maximum Gasteiger partial charge on any atom is 0.338 e. The fourth-order valence-electron chi connectivity index (χ4n) is 2.45. The van der Waals surface area contributed by atoms with Crippen molar-refractivity contribution >= 4 is 16.0 Å². The summed E-state index contributed by atoms with van der Waals surface area (Å²) in [7, 11) is -2.72. The first-order chi connectivity index (χ1) is 13.0. The second-order valence-corrected chi connectivity index (χ2v) is 8.70. The van der Waals surface area contributed by atoms with E-state index in [2.05, 4.69) is 20.8 Å². The van der Waals surface area contributed by atoms with Crippen LogP contribution in [0, 0.1) is 0 Å². The van der Waals surface area contributed by atoms with Crippen molar-refractivity contribution in [1.82, 2.24) is 0 Å². The van der Waals surface area contributed by atoms with Crippen molar-refractivity contribution < 1.29 is 27.4 Å². The largest absolute Gasteiger partial charge is 0.495 e. The number of carbonyl (C=O) groups is 1. The SMILES string of the molecule is COc1ccc(C(=O)OCCOc2ccc(C(C)(C)C)cc2)cc1S(N)(=O)=O. The van der Waals surface area contributed by atoms with Gasteiger partial charge in [-0.2, -0.15) is 0 Å². The molecule has 0 atom stereocenters. The zero-order chi connectivity index (χ0) is 20.9. The number of sulfonamides is 1. The molecular weight excluding hydrogens is 382 g/mol. The number of primary sulfonamides is 1. The van der Waals surface area contributed by atoms with E-state index < -0.39 is 16.0 Å². The van der Waals surface area contributed by atoms with Crippen LogP contribution in [0.4, 0.5) is 0 Å². The number of benzene rings is 2. The highest BCUT2D eigenvalue weighted by atomic mass is 32.2. The van der Waals surface area contributed by atoms with Gasteiger partial charge in [0.15, 0.2) is 0 Å². The van der Waals surface area contributed by atoms with Crippen molar-refractivity contribution in [3.05, 3.63) is 53.6 Å². The van der Waals surface area contributed by atoms with Crippen LogP contribution in [0.2, 0.25) is 0 Å². The molecule has 2 rings (SSSR count). The summed E-state index contributed by atoms with van der Waals surface area (Å²) in [6.45, 7) is 6.56. The Bertz CT molecular complexity index is 930. The second-order valence-electron chi connectivity index (χ2n) is 7.17. The lowest BCUT2D eigenvalue weighted by Gasteiger charge is -2.19. The van der Waals surface area contributed by atoms with Crippen LogP contribution in [0.1, 0.15) is 36.7 Å². The van der Waals surface area contributed by atoms with Crippen LogP contribution in [-0.4, -0.2) is 34.7 Å². The zero-order valence-corrected chi connectivity index (χ0v) is 17.2. The molecule has 0 amide bonds. The van der Waals surface area contributed by atoms with Crippen LogP contribution in [0.15, 0.2) is 47.4 Å². The van der Waals surface area contributed by atoms with Crippen molar-refractivity contribution in [2.75, 3.05) is 20.3 Å². The molecule has 0 aliphatic rings. The summed E-state index contributed by atoms with van der Waals surface area (Å²) in [5, 5.41) is 5.15. The van der Waals surface area contributed by atoms with E-state index in [1.54, 1.807) is 0 Å². The Balaban J connectivity index is 1.92. The number of rotatable bonds is 7. The predicted octanol–water partition coefficient (Wildman–Crippen LogP) is 2.88. The molecule has 28 heavy (non-hydrogen) atoms. The molecule has 0 radical (unpaired) electrons. The van der Waals surface area contributed by atoms with Gasteiger partial charge < -0.3 is 14.2 Å². The zero-order valence-electron chi connectivity index (χ0n) is 16.4. The highest BCUT2D eigenvalue weighted by molar-refractivity contribution is 7.89. The Labute approximate surface area is 165 Å². The Hall–Kier alpha value is -2.58. The third kappa shape index (κ3) is 5.71. The summed E-state index contributed by atoms with van der Waals surface area (Å²) < 4.78 is 38.9. The van der Waals surface area contributed by atoms with Gasteiger partial charge in [-0.15, -0.1) is 0 Å². The van der Waals surface area contributed by atoms with Gasteiger partial charge in [-0.1, -0.05) is 32.9 Å². The van der Waals surface area contributed by atoms with E-state index >= 15 is 0 Å². The highest BCUT2D eigenvalue weighted by Gasteiger charge is 2.19. The number of esters is 1. The Kier molecular flexibility index (Phi) is 6.69. The molecule has 0 unspecified atom stereocenters. The molecule has 8 heteroatoms. The molecule has 7 nitrogen and oxygen atoms in total. The minimum Gasteiger partial charge on any atom is -0.495 e. The summed E-state index contributed by atoms with van der Waals surface area (Å²) in [5.41, 5.74) is 1.30. The molecule has 0 saturated heterocycles. The number of methoxy groups -OCH3 is 1. The van der Waals surface area contributed by atoms with E-state index in [-0.39, 0.29) is 34.8 Å². The molecule has 0 aliphatic carbocycles. The molecule has 2 N–H and O–H groups in total. The number of ether oxygens (including phenoxy) is 3. The molecule has 0 aromatic heterocycles. The first-order valence-electron chi connectivity index (χ1n) is 8.63. The fourth-order valence-corrected chi connectivity index (χ4v) is 3.18. The molecule has 2 aromatic carbocycles. The van der Waals surface area contributed by atoms with Gasteiger partial charge >= 0.3 is 5.97 Å². The van der Waals surface area contributed by atoms with E-state index in [0.29, 0.717) is 5.75 Å². The van der Waals surface area contributed by atoms with Gasteiger partial charge in [0, 0.05) is 0 Å². The quantitative estimate of drug-likeness (QED) is 0.559. The first-order valence-corrected chi connectivity index (χ1v) is 10.2. The van der Waals surface area contributed by atoms with Crippen molar-refractivity contribution in [3.8, 4) is 11.5 Å². The standard InChI is InChI=1S/C20H25NO6S/c1-20(2,3)15-6-8-16(9-7-15)26-11-12-27-19(22)14-5-10-17(25-4)18(13-14)28(21,23)24/h5-10,13H,11-12H2,1-4H3,(H2,21,23,24). The third-order valence-corrected chi connectivity index (χ3v) is 4.94. The van der Waals surface area contributed by atoms with E-state index in [1.807, 2.05) is 24.3 Å². The van der Waals surface area contributed by atoms with Gasteiger partial charge in [-0.3, -0.25) is 0 Å². The van der Waals surface area contributed by atoms with Crippen LogP contribution in [0.25, 0.3) is 0 Å². The van der Waals surface area contributed by atoms with Gasteiger partial charge in [0.2, 0.25) is 10.0 Å². The predicted molar refractivity (Wildman–Crippen MR) is 105 cm³/mol. The molecule has 0 saturated carbocycles. The van der Waals surface area contributed by atoms with E-state index in [1.165, 1.54) is 24.8 Å². The summed E-state index contributed by atoms with van der Waals surface area (Å²) >= 11 is 0. The maximum atomic E-state index is 12.1. The molecule has 152 valence electrons. The fraction of sp³-hybridized carbons (Fsp3) is 0.350.